The molecule has 0 aromatic heterocycles. The molecule has 0 aliphatic heterocycles. The zero-order chi connectivity index (χ0) is 14.7. The molecule has 19 heavy (non-hydrogen) atoms. The molecule has 1 nitrogen and oxygen atoms in total. The van der Waals surface area contributed by atoms with Crippen molar-refractivity contribution in [2.75, 3.05) is 13.1 Å². The maximum absolute atomic E-state index is 6.15. The van der Waals surface area contributed by atoms with Gasteiger partial charge in [-0.05, 0) is 30.7 Å². The summed E-state index contributed by atoms with van der Waals surface area (Å²) in [6, 6.07) is 5.59. The number of benzene rings is 1. The second-order valence-corrected chi connectivity index (χ2v) is 4.85. The van der Waals surface area contributed by atoms with E-state index in [-0.39, 0.29) is 0 Å². The van der Waals surface area contributed by atoms with Crippen molar-refractivity contribution in [3.8, 4) is 12.3 Å². The van der Waals surface area contributed by atoms with E-state index < -0.39 is 0 Å². The summed E-state index contributed by atoms with van der Waals surface area (Å²) in [5.74, 6) is 2.68. The first-order valence-electron chi connectivity index (χ1n) is 6.77. The van der Waals surface area contributed by atoms with E-state index in [0.29, 0.717) is 16.6 Å². The van der Waals surface area contributed by atoms with Crippen LogP contribution in [0, 0.1) is 12.3 Å². The first-order chi connectivity index (χ1) is 9.17. The molecule has 0 atom stereocenters. The van der Waals surface area contributed by atoms with E-state index in [2.05, 4.69) is 17.7 Å². The highest BCUT2D eigenvalue weighted by atomic mass is 35.5. The van der Waals surface area contributed by atoms with Crippen LogP contribution in [-0.2, 0) is 6.54 Å². The number of unbranched alkanes of at least 4 members (excludes halogenated alkanes) is 1. The van der Waals surface area contributed by atoms with Gasteiger partial charge in [0.25, 0.3) is 0 Å². The fraction of sp³-hybridized carbons (Fsp3) is 0.500. The van der Waals surface area contributed by atoms with Crippen molar-refractivity contribution in [1.82, 2.24) is 4.90 Å². The zero-order valence-corrected chi connectivity index (χ0v) is 13.6. The third-order valence-electron chi connectivity index (χ3n) is 2.55. The summed E-state index contributed by atoms with van der Waals surface area (Å²) in [4.78, 5) is 2.22. The number of nitrogens with zero attached hydrogens (tertiary/aromatic N) is 1. The Morgan fingerprint density at radius 3 is 2.47 bits per heavy atom. The van der Waals surface area contributed by atoms with Crippen molar-refractivity contribution in [3.05, 3.63) is 33.8 Å². The molecule has 1 aromatic carbocycles. The zero-order valence-electron chi connectivity index (χ0n) is 12.0. The summed E-state index contributed by atoms with van der Waals surface area (Å²) in [5.41, 5.74) is 1.07. The van der Waals surface area contributed by atoms with Gasteiger partial charge in [0.15, 0.2) is 0 Å². The molecule has 0 heterocycles. The lowest BCUT2D eigenvalue weighted by Crippen LogP contribution is -2.24. The number of terminal acetylenes is 1. The number of rotatable bonds is 6. The predicted octanol–water partition coefficient (Wildman–Crippen LogP) is 5.25. The molecule has 3 heteroatoms. The Labute approximate surface area is 127 Å². The minimum absolute atomic E-state index is 0.652. The van der Waals surface area contributed by atoms with Crippen LogP contribution in [0.4, 0.5) is 0 Å². The highest BCUT2D eigenvalue weighted by Gasteiger charge is 2.07. The Morgan fingerprint density at radius 2 is 1.95 bits per heavy atom. The van der Waals surface area contributed by atoms with Crippen molar-refractivity contribution < 1.29 is 0 Å². The van der Waals surface area contributed by atoms with Crippen LogP contribution < -0.4 is 0 Å². The molecular weight excluding hydrogens is 277 g/mol. The van der Waals surface area contributed by atoms with Gasteiger partial charge in [-0.15, -0.1) is 6.42 Å². The predicted molar refractivity (Wildman–Crippen MR) is 86.8 cm³/mol. The molecule has 0 radical (unpaired) electrons. The average Bonchev–Trinajstić information content (AvgIpc) is 2.41. The summed E-state index contributed by atoms with van der Waals surface area (Å²) in [6.07, 6.45) is 7.68. The van der Waals surface area contributed by atoms with Crippen LogP contribution >= 0.6 is 23.2 Å². The topological polar surface area (TPSA) is 3.24 Å². The van der Waals surface area contributed by atoms with Gasteiger partial charge in [0.2, 0.25) is 0 Å². The van der Waals surface area contributed by atoms with Crippen LogP contribution in [0.25, 0.3) is 0 Å². The van der Waals surface area contributed by atoms with Crippen molar-refractivity contribution in [2.24, 2.45) is 0 Å². The summed E-state index contributed by atoms with van der Waals surface area (Å²) in [6.45, 7) is 8.60. The summed E-state index contributed by atoms with van der Waals surface area (Å²) >= 11 is 12.0. The molecule has 106 valence electrons. The van der Waals surface area contributed by atoms with Gasteiger partial charge in [0.1, 0.15) is 0 Å². The lowest BCUT2D eigenvalue weighted by atomic mass is 10.2. The maximum atomic E-state index is 6.15. The first kappa shape index (κ1) is 18.3. The van der Waals surface area contributed by atoms with E-state index >= 15 is 0 Å². The fourth-order valence-corrected chi connectivity index (χ4v) is 2.08. The summed E-state index contributed by atoms with van der Waals surface area (Å²) in [5, 5.41) is 1.37. The van der Waals surface area contributed by atoms with Gasteiger partial charge in [0.05, 0.1) is 6.54 Å². The third kappa shape index (κ3) is 7.47. The van der Waals surface area contributed by atoms with Gasteiger partial charge < -0.3 is 0 Å². The van der Waals surface area contributed by atoms with Crippen molar-refractivity contribution >= 4 is 23.2 Å². The molecule has 0 fully saturated rings. The minimum Gasteiger partial charge on any atom is -0.288 e. The van der Waals surface area contributed by atoms with Gasteiger partial charge in [-0.1, -0.05) is 62.4 Å². The molecular formula is C16H23Cl2N. The van der Waals surface area contributed by atoms with Gasteiger partial charge in [-0.25, -0.2) is 0 Å². The standard InChI is InChI=1S/C14H17Cl2N.C2H6/c1-3-5-9-17(8-4-2)11-12-6-7-13(15)10-14(12)16;1-2/h2,6-7,10H,3,5,8-9,11H2,1H3;1-2H3. The molecule has 1 rings (SSSR count). The van der Waals surface area contributed by atoms with Crippen LogP contribution in [-0.4, -0.2) is 18.0 Å². The second kappa shape index (κ2) is 11.2. The van der Waals surface area contributed by atoms with Crippen molar-refractivity contribution in [1.29, 1.82) is 0 Å². The summed E-state index contributed by atoms with van der Waals surface area (Å²) < 4.78 is 0. The SMILES string of the molecule is C#CCN(CCCC)Cc1ccc(Cl)cc1Cl.CC. The molecule has 0 saturated heterocycles. The highest BCUT2D eigenvalue weighted by Crippen LogP contribution is 2.22. The Hall–Kier alpha value is -0.680. The Kier molecular flexibility index (Phi) is 10.8. The quantitative estimate of drug-likeness (QED) is 0.648. The number of hydrogen-bond donors (Lipinski definition) is 0. The van der Waals surface area contributed by atoms with Gasteiger partial charge in [-0.2, -0.15) is 0 Å². The second-order valence-electron chi connectivity index (χ2n) is 4.00. The largest absolute Gasteiger partial charge is 0.288 e. The normalized spacial score (nSPS) is 9.74. The molecule has 0 bridgehead atoms. The Bertz CT molecular complexity index is 396. The van der Waals surface area contributed by atoms with E-state index in [1.165, 1.54) is 0 Å². The third-order valence-corrected chi connectivity index (χ3v) is 3.14. The maximum Gasteiger partial charge on any atom is 0.0601 e. The number of hydrogen-bond acceptors (Lipinski definition) is 1. The lowest BCUT2D eigenvalue weighted by Gasteiger charge is -2.20. The molecule has 0 spiro atoms. The van der Waals surface area contributed by atoms with E-state index in [0.717, 1.165) is 31.5 Å². The van der Waals surface area contributed by atoms with Crippen LogP contribution in [0.3, 0.4) is 0 Å². The van der Waals surface area contributed by atoms with Crippen molar-refractivity contribution in [3.63, 3.8) is 0 Å². The fourth-order valence-electron chi connectivity index (χ4n) is 1.62. The molecule has 1 aromatic rings. The van der Waals surface area contributed by atoms with Gasteiger partial charge in [0, 0.05) is 16.6 Å². The molecule has 0 saturated carbocycles. The van der Waals surface area contributed by atoms with Crippen LogP contribution in [0.2, 0.25) is 10.0 Å². The minimum atomic E-state index is 0.652. The molecule has 0 aliphatic rings. The average molecular weight is 300 g/mol. The van der Waals surface area contributed by atoms with Crippen LogP contribution in [0.5, 0.6) is 0 Å². The van der Waals surface area contributed by atoms with Crippen molar-refractivity contribution in [2.45, 2.75) is 40.2 Å². The van der Waals surface area contributed by atoms with E-state index in [9.17, 15) is 0 Å². The van der Waals surface area contributed by atoms with E-state index in [4.69, 9.17) is 29.6 Å². The molecule has 0 amide bonds. The molecule has 0 unspecified atom stereocenters. The van der Waals surface area contributed by atoms with Gasteiger partial charge in [-0.3, -0.25) is 4.90 Å². The van der Waals surface area contributed by atoms with Crippen LogP contribution in [0.15, 0.2) is 18.2 Å². The monoisotopic (exact) mass is 299 g/mol. The molecule has 0 aliphatic carbocycles. The summed E-state index contributed by atoms with van der Waals surface area (Å²) in [7, 11) is 0. The smallest absolute Gasteiger partial charge is 0.0601 e. The van der Waals surface area contributed by atoms with E-state index in [1.807, 2.05) is 26.0 Å². The Balaban J connectivity index is 0.00000154. The van der Waals surface area contributed by atoms with E-state index in [1.54, 1.807) is 6.07 Å². The first-order valence-corrected chi connectivity index (χ1v) is 7.52. The lowest BCUT2D eigenvalue weighted by molar-refractivity contribution is 0.294. The van der Waals surface area contributed by atoms with Gasteiger partial charge >= 0.3 is 0 Å². The number of halogens is 2. The molecule has 0 N–H and O–H groups in total. The highest BCUT2D eigenvalue weighted by molar-refractivity contribution is 6.35. The van der Waals surface area contributed by atoms with Crippen LogP contribution in [0.1, 0.15) is 39.2 Å². The Morgan fingerprint density at radius 1 is 1.26 bits per heavy atom.